The summed E-state index contributed by atoms with van der Waals surface area (Å²) in [6.45, 7) is 5.26. The normalized spacial score (nSPS) is 17.2. The predicted molar refractivity (Wildman–Crippen MR) is 146 cm³/mol. The van der Waals surface area contributed by atoms with Gasteiger partial charge in [0.1, 0.15) is 33.1 Å². The Balaban J connectivity index is 1.31. The lowest BCUT2D eigenvalue weighted by molar-refractivity contribution is -0.108. The lowest BCUT2D eigenvalue weighted by Crippen LogP contribution is -2.50. The molecule has 0 aromatic carbocycles. The van der Waals surface area contributed by atoms with E-state index in [2.05, 4.69) is 4.98 Å². The predicted octanol–water partition coefficient (Wildman–Crippen LogP) is 2.02. The zero-order valence-corrected chi connectivity index (χ0v) is 22.5. The molecule has 6 heterocycles. The first-order valence-electron chi connectivity index (χ1n) is 13.2. The van der Waals surface area contributed by atoms with Crippen molar-refractivity contribution < 1.29 is 24.2 Å². The number of piperazine rings is 1. The lowest BCUT2D eigenvalue weighted by Gasteiger charge is -2.37. The second-order valence-corrected chi connectivity index (χ2v) is 10.6. The fraction of sp³-hybridized carbons (Fsp3) is 0.444. The smallest absolute Gasteiger partial charge is 0.276 e. The molecule has 3 aromatic heterocycles. The van der Waals surface area contributed by atoms with Crippen LogP contribution in [-0.4, -0.2) is 82.7 Å². The standard InChI is InChI=1S/C27H29N5O6S/c1-2-18-22(24(35)21-27(32(18)10-11-33)39-25(29-21)16-3-12-37-13-4-16)30-6-8-31(9-7-30)26(36)20-23(34)17-5-14-38-19(17)15-28-20/h3,11,15,34H,2,4-10,12-14H2,1H3. The Morgan fingerprint density at radius 2 is 2.03 bits per heavy atom. The molecule has 1 N–H and O–H groups in total. The third-order valence-corrected chi connectivity index (χ3v) is 8.68. The average molecular weight is 552 g/mol. The number of pyridine rings is 2. The summed E-state index contributed by atoms with van der Waals surface area (Å²) in [5.74, 6) is 0.0495. The van der Waals surface area contributed by atoms with E-state index in [1.54, 1.807) is 4.90 Å². The van der Waals surface area contributed by atoms with Crippen LogP contribution in [0.5, 0.6) is 11.5 Å². The summed E-state index contributed by atoms with van der Waals surface area (Å²) < 4.78 is 12.8. The van der Waals surface area contributed by atoms with Gasteiger partial charge in [0.15, 0.2) is 11.4 Å². The van der Waals surface area contributed by atoms with Gasteiger partial charge in [-0.15, -0.1) is 0 Å². The summed E-state index contributed by atoms with van der Waals surface area (Å²) in [7, 11) is 0. The topological polar surface area (TPSA) is 127 Å². The van der Waals surface area contributed by atoms with Crippen LogP contribution in [0.1, 0.15) is 40.1 Å². The first kappa shape index (κ1) is 25.5. The Morgan fingerprint density at radius 1 is 1.21 bits per heavy atom. The monoisotopic (exact) mass is 551 g/mol. The Kier molecular flexibility index (Phi) is 6.81. The van der Waals surface area contributed by atoms with E-state index in [0.29, 0.717) is 86.2 Å². The summed E-state index contributed by atoms with van der Waals surface area (Å²) in [6.07, 6.45) is 6.16. The van der Waals surface area contributed by atoms with E-state index >= 15 is 0 Å². The van der Waals surface area contributed by atoms with Gasteiger partial charge in [0.25, 0.3) is 5.91 Å². The summed E-state index contributed by atoms with van der Waals surface area (Å²) in [6, 6.07) is 0. The molecule has 0 bridgehead atoms. The van der Waals surface area contributed by atoms with Crippen molar-refractivity contribution in [2.75, 3.05) is 50.9 Å². The zero-order valence-electron chi connectivity index (χ0n) is 21.6. The highest BCUT2D eigenvalue weighted by Crippen LogP contribution is 2.35. The van der Waals surface area contributed by atoms with Gasteiger partial charge in [-0.05, 0) is 18.4 Å². The Bertz CT molecular complexity index is 1550. The molecular weight excluding hydrogens is 522 g/mol. The number of rotatable bonds is 6. The number of aldehydes is 1. The quantitative estimate of drug-likeness (QED) is 0.458. The second-order valence-electron chi connectivity index (χ2n) is 9.66. The third-order valence-electron chi connectivity index (χ3n) is 7.53. The van der Waals surface area contributed by atoms with Crippen LogP contribution < -0.4 is 15.1 Å². The Morgan fingerprint density at radius 3 is 2.74 bits per heavy atom. The number of fused-ring (bicyclic) bond motifs is 2. The van der Waals surface area contributed by atoms with E-state index in [-0.39, 0.29) is 29.3 Å². The summed E-state index contributed by atoms with van der Waals surface area (Å²) >= 11 is 1.44. The molecule has 6 rings (SSSR count). The highest BCUT2D eigenvalue weighted by Gasteiger charge is 2.31. The average Bonchev–Trinajstić information content (AvgIpc) is 3.64. The molecule has 1 amide bonds. The molecule has 0 aliphatic carbocycles. The van der Waals surface area contributed by atoms with Crippen molar-refractivity contribution >= 4 is 45.1 Å². The fourth-order valence-corrected chi connectivity index (χ4v) is 6.70. The van der Waals surface area contributed by atoms with Crippen LogP contribution in [0.2, 0.25) is 0 Å². The van der Waals surface area contributed by atoms with Gasteiger partial charge in [0.2, 0.25) is 5.43 Å². The molecule has 39 heavy (non-hydrogen) atoms. The van der Waals surface area contributed by atoms with Gasteiger partial charge in [-0.25, -0.2) is 9.97 Å². The van der Waals surface area contributed by atoms with E-state index in [1.165, 1.54) is 17.5 Å². The number of aromatic nitrogens is 3. The maximum Gasteiger partial charge on any atom is 0.276 e. The molecule has 0 spiro atoms. The lowest BCUT2D eigenvalue weighted by atomic mass is 10.1. The molecule has 204 valence electrons. The molecule has 3 aliphatic rings. The van der Waals surface area contributed by atoms with Gasteiger partial charge in [-0.3, -0.25) is 9.59 Å². The molecule has 1 saturated heterocycles. The van der Waals surface area contributed by atoms with Crippen LogP contribution >= 0.6 is 11.3 Å². The van der Waals surface area contributed by atoms with Gasteiger partial charge < -0.3 is 33.7 Å². The summed E-state index contributed by atoms with van der Waals surface area (Å²) in [4.78, 5) is 52.0. The van der Waals surface area contributed by atoms with Crippen molar-refractivity contribution in [2.24, 2.45) is 0 Å². The van der Waals surface area contributed by atoms with E-state index < -0.39 is 0 Å². The van der Waals surface area contributed by atoms with E-state index in [0.717, 1.165) is 29.0 Å². The van der Waals surface area contributed by atoms with Crippen LogP contribution in [0.3, 0.4) is 0 Å². The minimum absolute atomic E-state index is 0.0223. The number of amides is 1. The number of ether oxygens (including phenoxy) is 2. The van der Waals surface area contributed by atoms with Gasteiger partial charge in [-0.1, -0.05) is 24.3 Å². The number of nitrogens with zero attached hydrogens (tertiary/aromatic N) is 5. The highest BCUT2D eigenvalue weighted by atomic mass is 32.1. The van der Waals surface area contributed by atoms with Gasteiger partial charge in [-0.2, -0.15) is 0 Å². The van der Waals surface area contributed by atoms with Crippen molar-refractivity contribution in [3.8, 4) is 11.5 Å². The van der Waals surface area contributed by atoms with Crippen molar-refractivity contribution in [2.45, 2.75) is 32.7 Å². The number of thiazole rings is 1. The highest BCUT2D eigenvalue weighted by molar-refractivity contribution is 7.19. The van der Waals surface area contributed by atoms with E-state index in [9.17, 15) is 19.5 Å². The van der Waals surface area contributed by atoms with Crippen LogP contribution in [-0.2, 0) is 28.9 Å². The minimum Gasteiger partial charge on any atom is -0.505 e. The first-order chi connectivity index (χ1) is 19.0. The number of anilines is 1. The Labute approximate surface area is 228 Å². The second kappa shape index (κ2) is 10.4. The third kappa shape index (κ3) is 4.37. The molecule has 3 aromatic rings. The summed E-state index contributed by atoms with van der Waals surface area (Å²) in [5.41, 5.74) is 3.22. The fourth-order valence-electron chi connectivity index (χ4n) is 5.54. The van der Waals surface area contributed by atoms with Crippen molar-refractivity contribution in [1.29, 1.82) is 0 Å². The molecule has 0 unspecified atom stereocenters. The van der Waals surface area contributed by atoms with Crippen molar-refractivity contribution in [3.63, 3.8) is 0 Å². The molecule has 0 atom stereocenters. The first-order valence-corrected chi connectivity index (χ1v) is 14.0. The number of hydrogen-bond acceptors (Lipinski definition) is 10. The van der Waals surface area contributed by atoms with Crippen LogP contribution in [0.25, 0.3) is 15.9 Å². The van der Waals surface area contributed by atoms with Gasteiger partial charge in [0, 0.05) is 43.9 Å². The molecule has 1 fully saturated rings. The van der Waals surface area contributed by atoms with Crippen molar-refractivity contribution in [1.82, 2.24) is 19.4 Å². The zero-order chi connectivity index (χ0) is 27.1. The molecule has 0 radical (unpaired) electrons. The SMILES string of the molecule is CCc1c(N2CCN(C(=O)c3ncc4c(c3O)CCO4)CC2)c(=O)c2nc(C3=CCOCC3)sc2n1CC=O. The van der Waals surface area contributed by atoms with E-state index in [1.807, 2.05) is 22.5 Å². The number of carbonyl (C=O) groups excluding carboxylic acids is 2. The Hall–Kier alpha value is -3.77. The summed E-state index contributed by atoms with van der Waals surface area (Å²) in [5, 5.41) is 11.4. The van der Waals surface area contributed by atoms with E-state index in [4.69, 9.17) is 14.5 Å². The maximum atomic E-state index is 13.9. The van der Waals surface area contributed by atoms with Crippen LogP contribution in [0, 0.1) is 0 Å². The molecular formula is C27H29N5O6S. The maximum absolute atomic E-state index is 13.9. The largest absolute Gasteiger partial charge is 0.505 e. The van der Waals surface area contributed by atoms with Gasteiger partial charge in [0.05, 0.1) is 32.6 Å². The molecule has 11 nitrogen and oxygen atoms in total. The van der Waals surface area contributed by atoms with Crippen LogP contribution in [0.4, 0.5) is 5.69 Å². The van der Waals surface area contributed by atoms with Gasteiger partial charge >= 0.3 is 0 Å². The minimum atomic E-state index is -0.347. The van der Waals surface area contributed by atoms with Crippen LogP contribution in [0.15, 0.2) is 17.1 Å². The molecule has 0 saturated carbocycles. The molecule has 12 heteroatoms. The number of carbonyl (C=O) groups is 2. The van der Waals surface area contributed by atoms with Crippen molar-refractivity contribution in [3.05, 3.63) is 44.5 Å². The number of hydrogen-bond donors (Lipinski definition) is 1. The molecule has 3 aliphatic heterocycles. The number of aromatic hydroxyl groups is 1.